The maximum absolute atomic E-state index is 11.9. The third kappa shape index (κ3) is 5.33. The van der Waals surface area contributed by atoms with Crippen molar-refractivity contribution in [1.82, 2.24) is 10.3 Å². The van der Waals surface area contributed by atoms with Gasteiger partial charge in [-0.25, -0.2) is 9.78 Å². The van der Waals surface area contributed by atoms with Crippen LogP contribution >= 0.6 is 0 Å². The van der Waals surface area contributed by atoms with Crippen LogP contribution in [0.15, 0.2) is 18.3 Å². The summed E-state index contributed by atoms with van der Waals surface area (Å²) < 4.78 is 40.2. The number of nitrogens with one attached hydrogen (secondary N) is 2. The van der Waals surface area contributed by atoms with Gasteiger partial charge in [0.2, 0.25) is 5.88 Å². The van der Waals surface area contributed by atoms with E-state index in [0.29, 0.717) is 18.2 Å². The molecule has 5 nitrogen and oxygen atoms in total. The molecule has 1 fully saturated rings. The molecule has 0 bridgehead atoms. The van der Waals surface area contributed by atoms with E-state index in [4.69, 9.17) is 0 Å². The first kappa shape index (κ1) is 14.4. The van der Waals surface area contributed by atoms with E-state index in [1.807, 2.05) is 0 Å². The van der Waals surface area contributed by atoms with Crippen molar-refractivity contribution in [2.75, 3.05) is 18.5 Å². The van der Waals surface area contributed by atoms with Crippen molar-refractivity contribution in [1.29, 1.82) is 0 Å². The zero-order valence-corrected chi connectivity index (χ0v) is 10.5. The predicted molar refractivity (Wildman–Crippen MR) is 65.5 cm³/mol. The number of aromatic nitrogens is 1. The number of ether oxygens (including phenoxy) is 1. The fraction of sp³-hybridized carbons (Fsp3) is 0.500. The molecular formula is C12H14F3N3O2. The molecule has 1 heterocycles. The Hall–Kier alpha value is -1.99. The van der Waals surface area contributed by atoms with E-state index in [0.717, 1.165) is 12.8 Å². The van der Waals surface area contributed by atoms with Crippen molar-refractivity contribution >= 4 is 11.7 Å². The zero-order chi connectivity index (χ0) is 14.6. The summed E-state index contributed by atoms with van der Waals surface area (Å²) in [5.41, 5.74) is 0.387. The van der Waals surface area contributed by atoms with Crippen LogP contribution in [0.1, 0.15) is 12.8 Å². The first-order valence-corrected chi connectivity index (χ1v) is 6.13. The number of halogens is 3. The number of rotatable bonds is 5. The predicted octanol–water partition coefficient (Wildman–Crippen LogP) is 2.55. The highest BCUT2D eigenvalue weighted by atomic mass is 19.4. The number of anilines is 1. The molecule has 1 aliphatic rings. The van der Waals surface area contributed by atoms with Crippen molar-refractivity contribution < 1.29 is 22.7 Å². The van der Waals surface area contributed by atoms with Crippen LogP contribution in [0.4, 0.5) is 23.7 Å². The Bertz CT molecular complexity index is 458. The number of carbonyl (C=O) groups is 1. The summed E-state index contributed by atoms with van der Waals surface area (Å²) in [6.45, 7) is -0.763. The first-order valence-electron chi connectivity index (χ1n) is 6.13. The topological polar surface area (TPSA) is 63.2 Å². The fourth-order valence-electron chi connectivity index (χ4n) is 1.43. The lowest BCUT2D eigenvalue weighted by Crippen LogP contribution is -2.30. The monoisotopic (exact) mass is 289 g/mol. The Labute approximate surface area is 113 Å². The molecule has 110 valence electrons. The van der Waals surface area contributed by atoms with Gasteiger partial charge in [0.05, 0.1) is 11.9 Å². The van der Waals surface area contributed by atoms with Crippen LogP contribution in [-0.2, 0) is 0 Å². The maximum atomic E-state index is 11.9. The highest BCUT2D eigenvalue weighted by Crippen LogP contribution is 2.27. The first-order chi connectivity index (χ1) is 9.42. The second-order valence-corrected chi connectivity index (χ2v) is 4.57. The van der Waals surface area contributed by atoms with Gasteiger partial charge in [0.25, 0.3) is 0 Å². The molecule has 2 N–H and O–H groups in total. The molecule has 0 unspecified atom stereocenters. The lowest BCUT2D eigenvalue weighted by Gasteiger charge is -2.09. The van der Waals surface area contributed by atoms with Crippen molar-refractivity contribution in [2.45, 2.75) is 19.0 Å². The Morgan fingerprint density at radius 3 is 2.70 bits per heavy atom. The Morgan fingerprint density at radius 2 is 2.15 bits per heavy atom. The minimum absolute atomic E-state index is 0.147. The van der Waals surface area contributed by atoms with Gasteiger partial charge < -0.3 is 15.4 Å². The molecule has 1 saturated carbocycles. The molecule has 0 aliphatic heterocycles. The summed E-state index contributed by atoms with van der Waals surface area (Å²) in [5.74, 6) is 0.420. The average molecular weight is 289 g/mol. The van der Waals surface area contributed by atoms with Crippen LogP contribution in [0.25, 0.3) is 0 Å². The van der Waals surface area contributed by atoms with E-state index >= 15 is 0 Å². The number of nitrogens with zero attached hydrogens (tertiary/aromatic N) is 1. The molecule has 1 aromatic heterocycles. The SMILES string of the molecule is O=C(NCC1CC1)Nc1ccc(OCC(F)(F)F)nc1. The lowest BCUT2D eigenvalue weighted by molar-refractivity contribution is -0.154. The Morgan fingerprint density at radius 1 is 1.40 bits per heavy atom. The third-order valence-corrected chi connectivity index (χ3v) is 2.63. The van der Waals surface area contributed by atoms with Gasteiger partial charge in [-0.3, -0.25) is 0 Å². The maximum Gasteiger partial charge on any atom is 0.422 e. The lowest BCUT2D eigenvalue weighted by atomic mass is 10.4. The standard InChI is InChI=1S/C12H14F3N3O2/c13-12(14,15)7-20-10-4-3-9(6-16-10)18-11(19)17-5-8-1-2-8/h3-4,6,8H,1-2,5,7H2,(H2,17,18,19). The van der Waals surface area contributed by atoms with Gasteiger partial charge in [0.15, 0.2) is 6.61 Å². The molecule has 1 aromatic rings. The molecule has 20 heavy (non-hydrogen) atoms. The quantitative estimate of drug-likeness (QED) is 0.875. The zero-order valence-electron chi connectivity index (χ0n) is 10.5. The highest BCUT2D eigenvalue weighted by molar-refractivity contribution is 5.89. The second-order valence-electron chi connectivity index (χ2n) is 4.57. The van der Waals surface area contributed by atoms with Gasteiger partial charge in [-0.15, -0.1) is 0 Å². The van der Waals surface area contributed by atoms with E-state index in [2.05, 4.69) is 20.4 Å². The van der Waals surface area contributed by atoms with E-state index in [-0.39, 0.29) is 11.9 Å². The van der Waals surface area contributed by atoms with Crippen LogP contribution in [0.3, 0.4) is 0 Å². The number of carbonyl (C=O) groups excluding carboxylic acids is 1. The van der Waals surface area contributed by atoms with Crippen LogP contribution < -0.4 is 15.4 Å². The normalized spacial score (nSPS) is 14.8. The molecule has 8 heteroatoms. The Balaban J connectivity index is 1.76. The minimum Gasteiger partial charge on any atom is -0.468 e. The van der Waals surface area contributed by atoms with Crippen molar-refractivity contribution in [3.63, 3.8) is 0 Å². The molecular weight excluding hydrogens is 275 g/mol. The van der Waals surface area contributed by atoms with Crippen LogP contribution in [0, 0.1) is 5.92 Å². The van der Waals surface area contributed by atoms with Gasteiger partial charge in [-0.2, -0.15) is 13.2 Å². The average Bonchev–Trinajstić information content (AvgIpc) is 3.19. The summed E-state index contributed by atoms with van der Waals surface area (Å²) in [5, 5.41) is 5.23. The molecule has 0 aromatic carbocycles. The van der Waals surface area contributed by atoms with Crippen molar-refractivity contribution in [2.24, 2.45) is 5.92 Å². The van der Waals surface area contributed by atoms with Crippen LogP contribution in [0.2, 0.25) is 0 Å². The van der Waals surface area contributed by atoms with Gasteiger partial charge in [-0.05, 0) is 24.8 Å². The fourth-order valence-corrected chi connectivity index (χ4v) is 1.43. The molecule has 0 atom stereocenters. The summed E-state index contributed by atoms with van der Waals surface area (Å²) in [6, 6.07) is 2.33. The van der Waals surface area contributed by atoms with Crippen molar-refractivity contribution in [3.8, 4) is 5.88 Å². The highest BCUT2D eigenvalue weighted by Gasteiger charge is 2.28. The second kappa shape index (κ2) is 5.98. The largest absolute Gasteiger partial charge is 0.468 e. The van der Waals surface area contributed by atoms with E-state index < -0.39 is 12.8 Å². The molecule has 0 spiro atoms. The number of amides is 2. The minimum atomic E-state index is -4.40. The molecule has 1 aliphatic carbocycles. The molecule has 2 rings (SSSR count). The number of alkyl halides is 3. The summed E-state index contributed by atoms with van der Waals surface area (Å²) in [6.07, 6.45) is -0.899. The Kier molecular flexibility index (Phi) is 4.31. The van der Waals surface area contributed by atoms with Crippen LogP contribution in [0.5, 0.6) is 5.88 Å². The molecule has 0 saturated heterocycles. The number of pyridine rings is 1. The molecule has 0 radical (unpaired) electrons. The van der Waals surface area contributed by atoms with Crippen molar-refractivity contribution in [3.05, 3.63) is 18.3 Å². The number of urea groups is 1. The van der Waals surface area contributed by atoms with E-state index in [1.54, 1.807) is 0 Å². The summed E-state index contributed by atoms with van der Waals surface area (Å²) >= 11 is 0. The summed E-state index contributed by atoms with van der Waals surface area (Å²) in [7, 11) is 0. The van der Waals surface area contributed by atoms with Crippen LogP contribution in [-0.4, -0.2) is 30.3 Å². The number of hydrogen-bond donors (Lipinski definition) is 2. The third-order valence-electron chi connectivity index (χ3n) is 2.63. The smallest absolute Gasteiger partial charge is 0.422 e. The van der Waals surface area contributed by atoms with E-state index in [9.17, 15) is 18.0 Å². The summed E-state index contributed by atoms with van der Waals surface area (Å²) in [4.78, 5) is 15.1. The van der Waals surface area contributed by atoms with Gasteiger partial charge in [-0.1, -0.05) is 0 Å². The van der Waals surface area contributed by atoms with E-state index in [1.165, 1.54) is 18.3 Å². The molecule has 2 amide bonds. The van der Waals surface area contributed by atoms with Gasteiger partial charge in [0, 0.05) is 12.6 Å². The van der Waals surface area contributed by atoms with Gasteiger partial charge >= 0.3 is 12.2 Å². The van der Waals surface area contributed by atoms with Gasteiger partial charge in [0.1, 0.15) is 0 Å². The number of hydrogen-bond acceptors (Lipinski definition) is 3.